The highest BCUT2D eigenvalue weighted by atomic mass is 32.2. The fourth-order valence-electron chi connectivity index (χ4n) is 2.86. The molecule has 2 aromatic carbocycles. The number of hydrogen-bond donors (Lipinski definition) is 0. The molecule has 0 unspecified atom stereocenters. The predicted molar refractivity (Wildman–Crippen MR) is 118 cm³/mol. The van der Waals surface area contributed by atoms with Crippen molar-refractivity contribution in [3.8, 4) is 5.75 Å². The number of amides is 1. The van der Waals surface area contributed by atoms with Gasteiger partial charge in [-0.2, -0.15) is 0 Å². The van der Waals surface area contributed by atoms with Crippen LogP contribution in [-0.4, -0.2) is 23.8 Å². The maximum absolute atomic E-state index is 13.1. The number of hydrogen-bond acceptors (Lipinski definition) is 6. The molecular formula is C22H20N2O3S2. The SMILES string of the molecule is COc1ccc(SCCC(=O)N(Cc2ccco2)c2nc3ccccc3s2)cc1. The molecule has 0 atom stereocenters. The zero-order chi connectivity index (χ0) is 20.1. The Labute approximate surface area is 177 Å². The summed E-state index contributed by atoms with van der Waals surface area (Å²) in [5, 5.41) is 0.696. The van der Waals surface area contributed by atoms with E-state index in [1.165, 1.54) is 11.3 Å². The van der Waals surface area contributed by atoms with E-state index in [2.05, 4.69) is 4.98 Å². The smallest absolute Gasteiger partial charge is 0.230 e. The topological polar surface area (TPSA) is 55.6 Å². The zero-order valence-corrected chi connectivity index (χ0v) is 17.5. The number of aromatic nitrogens is 1. The van der Waals surface area contributed by atoms with Crippen molar-refractivity contribution in [1.29, 1.82) is 0 Å². The highest BCUT2D eigenvalue weighted by molar-refractivity contribution is 7.99. The minimum Gasteiger partial charge on any atom is -0.497 e. The molecule has 5 nitrogen and oxygen atoms in total. The molecule has 148 valence electrons. The normalized spacial score (nSPS) is 10.9. The number of nitrogens with zero attached hydrogens (tertiary/aromatic N) is 2. The standard InChI is InChI=1S/C22H20N2O3S2/c1-26-16-8-10-18(11-9-16)28-14-12-21(25)24(15-17-5-4-13-27-17)22-23-19-6-2-3-7-20(19)29-22/h2-11,13H,12,14-15H2,1H3. The van der Waals surface area contributed by atoms with Crippen LogP contribution in [0.2, 0.25) is 0 Å². The summed E-state index contributed by atoms with van der Waals surface area (Å²) < 4.78 is 11.7. The molecule has 0 radical (unpaired) electrons. The van der Waals surface area contributed by atoms with Gasteiger partial charge in [0.05, 0.1) is 30.1 Å². The molecule has 29 heavy (non-hydrogen) atoms. The Bertz CT molecular complexity index is 1040. The van der Waals surface area contributed by atoms with Gasteiger partial charge in [0, 0.05) is 17.1 Å². The number of para-hydroxylation sites is 1. The number of benzene rings is 2. The molecule has 2 heterocycles. The van der Waals surface area contributed by atoms with Crippen molar-refractivity contribution in [2.24, 2.45) is 0 Å². The van der Waals surface area contributed by atoms with Crippen LogP contribution in [0.3, 0.4) is 0 Å². The molecule has 0 bridgehead atoms. The van der Waals surface area contributed by atoms with Crippen molar-refractivity contribution in [3.63, 3.8) is 0 Å². The number of methoxy groups -OCH3 is 1. The number of carbonyl (C=O) groups excluding carboxylic acids is 1. The van der Waals surface area contributed by atoms with Gasteiger partial charge >= 0.3 is 0 Å². The Morgan fingerprint density at radius 3 is 2.69 bits per heavy atom. The molecule has 2 aromatic heterocycles. The molecule has 1 amide bonds. The number of thioether (sulfide) groups is 1. The van der Waals surface area contributed by atoms with Crippen molar-refractivity contribution >= 4 is 44.4 Å². The van der Waals surface area contributed by atoms with Crippen LogP contribution in [0.15, 0.2) is 76.2 Å². The Kier molecular flexibility index (Phi) is 6.17. The average molecular weight is 425 g/mol. The first-order valence-corrected chi connectivity index (χ1v) is 11.0. The summed E-state index contributed by atoms with van der Waals surface area (Å²) in [5.74, 6) is 2.28. The van der Waals surface area contributed by atoms with Crippen LogP contribution < -0.4 is 9.64 Å². The molecular weight excluding hydrogens is 404 g/mol. The number of rotatable bonds is 8. The van der Waals surface area contributed by atoms with Crippen LogP contribution in [0.5, 0.6) is 5.75 Å². The lowest BCUT2D eigenvalue weighted by atomic mass is 10.3. The lowest BCUT2D eigenvalue weighted by molar-refractivity contribution is -0.118. The molecule has 4 aromatic rings. The van der Waals surface area contributed by atoms with Crippen LogP contribution in [-0.2, 0) is 11.3 Å². The Morgan fingerprint density at radius 2 is 1.97 bits per heavy atom. The first kappa shape index (κ1) is 19.5. The summed E-state index contributed by atoms with van der Waals surface area (Å²) in [4.78, 5) is 20.5. The third-order valence-corrected chi connectivity index (χ3v) is 6.43. The van der Waals surface area contributed by atoms with E-state index in [1.54, 1.807) is 30.0 Å². The second-order valence-corrected chi connectivity index (χ2v) is 8.47. The minimum absolute atomic E-state index is 0.0291. The number of anilines is 1. The first-order valence-electron chi connectivity index (χ1n) is 9.18. The number of fused-ring (bicyclic) bond motifs is 1. The molecule has 0 aliphatic rings. The third kappa shape index (κ3) is 4.81. The average Bonchev–Trinajstić information content (AvgIpc) is 3.41. The van der Waals surface area contributed by atoms with E-state index in [9.17, 15) is 4.79 Å². The van der Waals surface area contributed by atoms with Crippen LogP contribution in [0.4, 0.5) is 5.13 Å². The van der Waals surface area contributed by atoms with Gasteiger partial charge in [0.2, 0.25) is 5.91 Å². The van der Waals surface area contributed by atoms with Crippen molar-refractivity contribution in [1.82, 2.24) is 4.98 Å². The first-order chi connectivity index (χ1) is 14.2. The van der Waals surface area contributed by atoms with E-state index in [0.29, 0.717) is 23.8 Å². The monoisotopic (exact) mass is 424 g/mol. The summed E-state index contributed by atoms with van der Waals surface area (Å²) in [6.07, 6.45) is 2.03. The molecule has 0 saturated carbocycles. The van der Waals surface area contributed by atoms with Crippen LogP contribution in [0, 0.1) is 0 Å². The lowest BCUT2D eigenvalue weighted by Crippen LogP contribution is -2.30. The number of furan rings is 1. The highest BCUT2D eigenvalue weighted by Gasteiger charge is 2.21. The predicted octanol–water partition coefficient (Wildman–Crippen LogP) is 5.61. The van der Waals surface area contributed by atoms with E-state index < -0.39 is 0 Å². The summed E-state index contributed by atoms with van der Waals surface area (Å²) in [5.41, 5.74) is 0.900. The van der Waals surface area contributed by atoms with Crippen molar-refractivity contribution in [2.75, 3.05) is 17.8 Å². The Hall–Kier alpha value is -2.77. The van der Waals surface area contributed by atoms with Crippen molar-refractivity contribution < 1.29 is 13.9 Å². The molecule has 0 aliphatic carbocycles. The number of carbonyl (C=O) groups is 1. The van der Waals surface area contributed by atoms with Gasteiger partial charge in [-0.15, -0.1) is 11.8 Å². The molecule has 7 heteroatoms. The van der Waals surface area contributed by atoms with Crippen molar-refractivity contribution in [3.05, 3.63) is 72.7 Å². The molecule has 0 fully saturated rings. The number of ether oxygens (including phenoxy) is 1. The van der Waals surface area contributed by atoms with Gasteiger partial charge in [-0.05, 0) is 48.5 Å². The third-order valence-electron chi connectivity index (χ3n) is 4.35. The second kappa shape index (κ2) is 9.15. The largest absolute Gasteiger partial charge is 0.497 e. The Morgan fingerprint density at radius 1 is 1.14 bits per heavy atom. The lowest BCUT2D eigenvalue weighted by Gasteiger charge is -2.18. The minimum atomic E-state index is 0.0291. The summed E-state index contributed by atoms with van der Waals surface area (Å²) in [6.45, 7) is 0.374. The van der Waals surface area contributed by atoms with Crippen molar-refractivity contribution in [2.45, 2.75) is 17.9 Å². The van der Waals surface area contributed by atoms with Gasteiger partial charge < -0.3 is 9.15 Å². The van der Waals surface area contributed by atoms with Gasteiger partial charge in [-0.1, -0.05) is 23.5 Å². The fraction of sp³-hybridized carbons (Fsp3) is 0.182. The molecule has 4 rings (SSSR count). The fourth-order valence-corrected chi connectivity index (χ4v) is 4.68. The summed E-state index contributed by atoms with van der Waals surface area (Å²) in [6, 6.07) is 19.5. The van der Waals surface area contributed by atoms with E-state index >= 15 is 0 Å². The summed E-state index contributed by atoms with van der Waals surface area (Å²) in [7, 11) is 1.65. The van der Waals surface area contributed by atoms with Crippen LogP contribution in [0.1, 0.15) is 12.2 Å². The quantitative estimate of drug-likeness (QED) is 0.344. The molecule has 0 spiro atoms. The van der Waals surface area contributed by atoms with Gasteiger partial charge in [0.15, 0.2) is 5.13 Å². The van der Waals surface area contributed by atoms with E-state index in [1.807, 2.05) is 60.7 Å². The highest BCUT2D eigenvalue weighted by Crippen LogP contribution is 2.30. The van der Waals surface area contributed by atoms with Gasteiger partial charge in [-0.3, -0.25) is 9.69 Å². The zero-order valence-electron chi connectivity index (χ0n) is 15.9. The Balaban J connectivity index is 1.46. The van der Waals surface area contributed by atoms with E-state index in [4.69, 9.17) is 9.15 Å². The maximum Gasteiger partial charge on any atom is 0.230 e. The number of thiazole rings is 1. The van der Waals surface area contributed by atoms with Gasteiger partial charge in [0.25, 0.3) is 0 Å². The van der Waals surface area contributed by atoms with E-state index in [-0.39, 0.29) is 5.91 Å². The molecule has 0 N–H and O–H groups in total. The van der Waals surface area contributed by atoms with Crippen LogP contribution in [0.25, 0.3) is 10.2 Å². The molecule has 0 aliphatic heterocycles. The van der Waals surface area contributed by atoms with Crippen LogP contribution >= 0.6 is 23.1 Å². The maximum atomic E-state index is 13.1. The molecule has 0 saturated heterocycles. The van der Waals surface area contributed by atoms with Gasteiger partial charge in [0.1, 0.15) is 11.5 Å². The summed E-state index contributed by atoms with van der Waals surface area (Å²) >= 11 is 3.17. The second-order valence-electron chi connectivity index (χ2n) is 6.30. The van der Waals surface area contributed by atoms with E-state index in [0.717, 1.165) is 26.6 Å². The van der Waals surface area contributed by atoms with Gasteiger partial charge in [-0.25, -0.2) is 4.98 Å².